The first-order valence-electron chi connectivity index (χ1n) is 5.60. The Labute approximate surface area is 103 Å². The second-order valence-corrected chi connectivity index (χ2v) is 3.65. The van der Waals surface area contributed by atoms with Crippen molar-refractivity contribution < 1.29 is 9.53 Å². The van der Waals surface area contributed by atoms with Crippen LogP contribution in [-0.4, -0.2) is 27.5 Å². The van der Waals surface area contributed by atoms with E-state index in [2.05, 4.69) is 10.1 Å². The Kier molecular flexibility index (Phi) is 3.57. The third kappa shape index (κ3) is 2.65. The van der Waals surface area contributed by atoms with Gasteiger partial charge in [0.2, 0.25) is 0 Å². The van der Waals surface area contributed by atoms with Crippen molar-refractivity contribution in [1.29, 1.82) is 0 Å². The van der Waals surface area contributed by atoms with Gasteiger partial charge in [0, 0.05) is 6.42 Å². The van der Waals surface area contributed by atoms with Gasteiger partial charge >= 0.3 is 11.8 Å². The Morgan fingerprint density at radius 1 is 1.39 bits per heavy atom. The summed E-state index contributed by atoms with van der Waals surface area (Å²) in [6, 6.07) is 9.54. The number of aromatic amines is 1. The molecule has 0 unspecified atom stereocenters. The van der Waals surface area contributed by atoms with Gasteiger partial charge in [-0.25, -0.2) is 9.59 Å². The molecule has 0 amide bonds. The van der Waals surface area contributed by atoms with Gasteiger partial charge in [-0.3, -0.25) is 4.98 Å². The van der Waals surface area contributed by atoms with E-state index in [1.807, 2.05) is 30.3 Å². The largest absolute Gasteiger partial charge is 0.448 e. The van der Waals surface area contributed by atoms with Crippen LogP contribution in [0.4, 0.5) is 4.79 Å². The number of rotatable bonds is 3. The lowest BCUT2D eigenvalue weighted by atomic mass is 10.1. The normalized spacial score (nSPS) is 10.3. The number of hydrogen-bond acceptors (Lipinski definition) is 4. The van der Waals surface area contributed by atoms with Crippen molar-refractivity contribution in [2.45, 2.75) is 13.3 Å². The molecule has 0 radical (unpaired) electrons. The zero-order valence-corrected chi connectivity index (χ0v) is 9.92. The maximum absolute atomic E-state index is 11.5. The SMILES string of the molecule is CCOC(=O)n1nc(Cc2ccccc2)[nH]c1=O. The number of carbonyl (C=O) groups is 1. The zero-order chi connectivity index (χ0) is 13.0. The molecule has 0 atom stereocenters. The summed E-state index contributed by atoms with van der Waals surface area (Å²) in [5.74, 6) is 0.430. The molecule has 0 bridgehead atoms. The van der Waals surface area contributed by atoms with E-state index in [1.54, 1.807) is 6.92 Å². The van der Waals surface area contributed by atoms with Gasteiger partial charge in [0.15, 0.2) is 0 Å². The Morgan fingerprint density at radius 3 is 2.78 bits per heavy atom. The maximum atomic E-state index is 11.5. The predicted octanol–water partition coefficient (Wildman–Crippen LogP) is 1.17. The average molecular weight is 247 g/mol. The van der Waals surface area contributed by atoms with Crippen LogP contribution in [0.5, 0.6) is 0 Å². The molecule has 2 rings (SSSR count). The number of carbonyl (C=O) groups excluding carboxylic acids is 1. The van der Waals surface area contributed by atoms with Gasteiger partial charge in [-0.05, 0) is 12.5 Å². The summed E-state index contributed by atoms with van der Waals surface area (Å²) in [6.07, 6.45) is -0.305. The summed E-state index contributed by atoms with van der Waals surface area (Å²) in [5, 5.41) is 3.90. The molecule has 0 aliphatic carbocycles. The molecular weight excluding hydrogens is 234 g/mol. The van der Waals surface area contributed by atoms with Crippen molar-refractivity contribution >= 4 is 6.09 Å². The van der Waals surface area contributed by atoms with Crippen LogP contribution in [0.25, 0.3) is 0 Å². The molecule has 0 aliphatic rings. The second kappa shape index (κ2) is 5.31. The van der Waals surface area contributed by atoms with Gasteiger partial charge in [-0.1, -0.05) is 30.3 Å². The fourth-order valence-electron chi connectivity index (χ4n) is 1.54. The summed E-state index contributed by atoms with van der Waals surface area (Å²) in [7, 11) is 0. The maximum Gasteiger partial charge on any atom is 0.439 e. The van der Waals surface area contributed by atoms with Crippen LogP contribution in [0.1, 0.15) is 18.3 Å². The molecule has 6 heteroatoms. The standard InChI is InChI=1S/C12H13N3O3/c1-2-18-12(17)15-11(16)13-10(14-15)8-9-6-4-3-5-7-9/h3-7H,2,8H2,1H3,(H,13,14,16). The van der Waals surface area contributed by atoms with Crippen LogP contribution in [0.2, 0.25) is 0 Å². The van der Waals surface area contributed by atoms with E-state index in [0.29, 0.717) is 16.9 Å². The summed E-state index contributed by atoms with van der Waals surface area (Å²) in [4.78, 5) is 25.4. The average Bonchev–Trinajstić information content (AvgIpc) is 2.72. The lowest BCUT2D eigenvalue weighted by Gasteiger charge is -1.98. The molecule has 0 saturated carbocycles. The first-order chi connectivity index (χ1) is 8.70. The molecule has 0 fully saturated rings. The van der Waals surface area contributed by atoms with Crippen LogP contribution < -0.4 is 5.69 Å². The minimum atomic E-state index is -0.766. The highest BCUT2D eigenvalue weighted by Gasteiger charge is 2.13. The van der Waals surface area contributed by atoms with Crippen LogP contribution in [0.3, 0.4) is 0 Å². The van der Waals surface area contributed by atoms with Crippen molar-refractivity contribution in [3.8, 4) is 0 Å². The number of ether oxygens (including phenoxy) is 1. The van der Waals surface area contributed by atoms with Crippen molar-refractivity contribution in [1.82, 2.24) is 14.8 Å². The number of aromatic nitrogens is 3. The molecule has 18 heavy (non-hydrogen) atoms. The Balaban J connectivity index is 2.19. The molecule has 1 heterocycles. The third-order valence-corrected chi connectivity index (χ3v) is 2.32. The molecule has 1 aromatic heterocycles. The summed E-state index contributed by atoms with van der Waals surface area (Å²) >= 11 is 0. The van der Waals surface area contributed by atoms with Crippen LogP contribution in [-0.2, 0) is 11.2 Å². The molecule has 1 N–H and O–H groups in total. The highest BCUT2D eigenvalue weighted by Crippen LogP contribution is 2.03. The van der Waals surface area contributed by atoms with Crippen LogP contribution >= 0.6 is 0 Å². The van der Waals surface area contributed by atoms with Gasteiger partial charge in [0.25, 0.3) is 0 Å². The van der Waals surface area contributed by atoms with Crippen molar-refractivity contribution in [3.05, 3.63) is 52.2 Å². The molecule has 0 saturated heterocycles. The highest BCUT2D eigenvalue weighted by molar-refractivity contribution is 5.68. The number of H-pyrrole nitrogens is 1. The molecule has 0 aliphatic heterocycles. The Morgan fingerprint density at radius 2 is 2.11 bits per heavy atom. The van der Waals surface area contributed by atoms with Crippen molar-refractivity contribution in [2.24, 2.45) is 0 Å². The van der Waals surface area contributed by atoms with E-state index in [1.165, 1.54) is 0 Å². The van der Waals surface area contributed by atoms with E-state index in [-0.39, 0.29) is 6.61 Å². The topological polar surface area (TPSA) is 77.0 Å². The van der Waals surface area contributed by atoms with Crippen molar-refractivity contribution in [2.75, 3.05) is 6.61 Å². The molecular formula is C12H13N3O3. The molecule has 1 aromatic carbocycles. The zero-order valence-electron chi connectivity index (χ0n) is 9.92. The van der Waals surface area contributed by atoms with E-state index in [0.717, 1.165) is 5.56 Å². The predicted molar refractivity (Wildman–Crippen MR) is 64.5 cm³/mol. The fraction of sp³-hybridized carbons (Fsp3) is 0.250. The van der Waals surface area contributed by atoms with Gasteiger partial charge in [-0.2, -0.15) is 0 Å². The minimum absolute atomic E-state index is 0.201. The first kappa shape index (κ1) is 12.1. The van der Waals surface area contributed by atoms with Gasteiger partial charge in [0.05, 0.1) is 6.61 Å². The molecule has 0 spiro atoms. The lowest BCUT2D eigenvalue weighted by Crippen LogP contribution is -2.26. The lowest BCUT2D eigenvalue weighted by molar-refractivity contribution is 0.149. The Bertz CT molecular complexity index is 586. The van der Waals surface area contributed by atoms with Gasteiger partial charge in [-0.15, -0.1) is 9.78 Å². The summed E-state index contributed by atoms with van der Waals surface area (Å²) < 4.78 is 5.41. The van der Waals surface area contributed by atoms with Gasteiger partial charge in [0.1, 0.15) is 5.82 Å². The number of nitrogens with zero attached hydrogens (tertiary/aromatic N) is 2. The van der Waals surface area contributed by atoms with Crippen LogP contribution in [0.15, 0.2) is 35.1 Å². The summed E-state index contributed by atoms with van der Waals surface area (Å²) in [6.45, 7) is 1.87. The number of benzene rings is 1. The highest BCUT2D eigenvalue weighted by atomic mass is 16.6. The molecule has 94 valence electrons. The fourth-order valence-corrected chi connectivity index (χ4v) is 1.54. The number of hydrogen-bond donors (Lipinski definition) is 1. The Hall–Kier alpha value is -2.37. The summed E-state index contributed by atoms with van der Waals surface area (Å²) in [5.41, 5.74) is 0.418. The monoisotopic (exact) mass is 247 g/mol. The first-order valence-corrected chi connectivity index (χ1v) is 5.60. The van der Waals surface area contributed by atoms with Crippen molar-refractivity contribution in [3.63, 3.8) is 0 Å². The minimum Gasteiger partial charge on any atom is -0.448 e. The van der Waals surface area contributed by atoms with E-state index in [4.69, 9.17) is 4.74 Å². The van der Waals surface area contributed by atoms with E-state index in [9.17, 15) is 9.59 Å². The smallest absolute Gasteiger partial charge is 0.439 e. The van der Waals surface area contributed by atoms with E-state index >= 15 is 0 Å². The van der Waals surface area contributed by atoms with E-state index < -0.39 is 11.8 Å². The second-order valence-electron chi connectivity index (χ2n) is 3.65. The molecule has 2 aromatic rings. The molecule has 6 nitrogen and oxygen atoms in total. The van der Waals surface area contributed by atoms with Crippen LogP contribution in [0, 0.1) is 0 Å². The van der Waals surface area contributed by atoms with Gasteiger partial charge < -0.3 is 4.74 Å². The number of nitrogens with one attached hydrogen (secondary N) is 1. The quantitative estimate of drug-likeness (QED) is 0.883. The third-order valence-electron chi connectivity index (χ3n) is 2.32.